The Labute approximate surface area is 371 Å². The number of aliphatic hydroxyl groups is 8. The van der Waals surface area contributed by atoms with Gasteiger partial charge in [0.25, 0.3) is 11.8 Å². The number of phenols is 2. The number of phenolic OH excluding ortho intramolecular Hbond substituents is 2. The number of nitrogens with two attached hydrogens (primary N) is 2. The molecular formula is C47H50N2O16. The number of amides is 2. The van der Waals surface area contributed by atoms with Crippen LogP contribution in [0.1, 0.15) is 85.8 Å². The Bertz CT molecular complexity index is 2690. The Morgan fingerprint density at radius 3 is 1.42 bits per heavy atom. The SMILES string of the molecule is C/C=C/c1cc(O)c2c(c1)C(C)C1C(=C2O)C(=O)[C@]2(O)C(O)=C(C(N)=O)C(=O)CC2C1O.C=CC.Cc1cc(O)c2c(c1)C(C)C1C(=C2O)C(=O)[C@]2(O)C(O)=C(C(N)=O)C(=O)CC2C1O. The third-order valence-corrected chi connectivity index (χ3v) is 13.4. The third-order valence-electron chi connectivity index (χ3n) is 13.4. The van der Waals surface area contributed by atoms with Crippen LogP contribution in [-0.4, -0.2) is 109 Å². The summed E-state index contributed by atoms with van der Waals surface area (Å²) in [5.74, 6) is -17.2. The summed E-state index contributed by atoms with van der Waals surface area (Å²) < 4.78 is 0. The third kappa shape index (κ3) is 6.77. The van der Waals surface area contributed by atoms with Crippen molar-refractivity contribution in [3.05, 3.63) is 110 Å². The number of benzene rings is 2. The highest BCUT2D eigenvalue weighted by atomic mass is 16.4. The molecule has 8 rings (SSSR count). The highest BCUT2D eigenvalue weighted by Gasteiger charge is 2.66. The minimum absolute atomic E-state index is 0.00701. The summed E-state index contributed by atoms with van der Waals surface area (Å²) >= 11 is 0. The van der Waals surface area contributed by atoms with Gasteiger partial charge in [-0.1, -0.05) is 44.2 Å². The molecule has 0 bridgehead atoms. The van der Waals surface area contributed by atoms with E-state index in [0.29, 0.717) is 22.3 Å². The molecule has 8 unspecified atom stereocenters. The van der Waals surface area contributed by atoms with E-state index in [1.807, 2.05) is 6.92 Å². The highest BCUT2D eigenvalue weighted by molar-refractivity contribution is 6.24. The normalized spacial score (nSPS) is 31.3. The molecular weight excluding hydrogens is 849 g/mol. The summed E-state index contributed by atoms with van der Waals surface area (Å²) in [6, 6.07) is 6.20. The van der Waals surface area contributed by atoms with Gasteiger partial charge in [0.2, 0.25) is 11.6 Å². The monoisotopic (exact) mass is 898 g/mol. The number of aromatic hydroxyl groups is 2. The van der Waals surface area contributed by atoms with Crippen molar-refractivity contribution in [3.8, 4) is 11.5 Å². The Morgan fingerprint density at radius 2 is 1.05 bits per heavy atom. The van der Waals surface area contributed by atoms with Gasteiger partial charge >= 0.3 is 0 Å². The number of Topliss-reactive ketones (excluding diaryl/α,β-unsaturated/α-hetero) is 4. The summed E-state index contributed by atoms with van der Waals surface area (Å²) in [5, 5.41) is 108. The molecule has 2 aromatic rings. The first-order valence-corrected chi connectivity index (χ1v) is 20.5. The van der Waals surface area contributed by atoms with E-state index in [9.17, 15) is 79.8 Å². The molecule has 65 heavy (non-hydrogen) atoms. The van der Waals surface area contributed by atoms with Crippen LogP contribution in [-0.2, 0) is 28.8 Å². The molecule has 0 heterocycles. The maximum atomic E-state index is 13.5. The quantitative estimate of drug-likeness (QED) is 0.155. The first kappa shape index (κ1) is 47.6. The van der Waals surface area contributed by atoms with Crippen molar-refractivity contribution in [3.63, 3.8) is 0 Å². The number of aliphatic hydroxyl groups excluding tert-OH is 6. The van der Waals surface area contributed by atoms with E-state index in [-0.39, 0.29) is 28.2 Å². The molecule has 18 nitrogen and oxygen atoms in total. The molecule has 0 saturated heterocycles. The lowest BCUT2D eigenvalue weighted by molar-refractivity contribution is -0.161. The second kappa shape index (κ2) is 16.6. The first-order chi connectivity index (χ1) is 30.3. The molecule has 0 radical (unpaired) electrons. The molecule has 2 aromatic carbocycles. The summed E-state index contributed by atoms with van der Waals surface area (Å²) in [6.07, 6.45) is 1.00. The summed E-state index contributed by atoms with van der Waals surface area (Å²) in [5.41, 5.74) is 4.32. The lowest BCUT2D eigenvalue weighted by atomic mass is 9.55. The number of ketones is 4. The van der Waals surface area contributed by atoms with E-state index in [2.05, 4.69) is 6.58 Å². The zero-order chi connectivity index (χ0) is 48.7. The number of hydrogen-bond donors (Lipinski definition) is 12. The molecule has 2 fully saturated rings. The van der Waals surface area contributed by atoms with E-state index in [0.717, 1.165) is 0 Å². The minimum Gasteiger partial charge on any atom is -0.508 e. The average molecular weight is 899 g/mol. The largest absolute Gasteiger partial charge is 0.508 e. The van der Waals surface area contributed by atoms with Crippen LogP contribution in [0.2, 0.25) is 0 Å². The maximum Gasteiger partial charge on any atom is 0.255 e. The number of allylic oxidation sites excluding steroid dienone is 2. The predicted molar refractivity (Wildman–Crippen MR) is 230 cm³/mol. The number of hydrogen-bond acceptors (Lipinski definition) is 16. The molecule has 2 saturated carbocycles. The predicted octanol–water partition coefficient (Wildman–Crippen LogP) is 2.45. The number of rotatable bonds is 3. The van der Waals surface area contributed by atoms with Crippen LogP contribution in [0.4, 0.5) is 0 Å². The van der Waals surface area contributed by atoms with Crippen molar-refractivity contribution >= 4 is 52.5 Å². The minimum atomic E-state index is -2.82. The van der Waals surface area contributed by atoms with Gasteiger partial charge in [0, 0.05) is 47.7 Å². The molecule has 2 amide bonds. The lowest BCUT2D eigenvalue weighted by Gasteiger charge is -2.50. The van der Waals surface area contributed by atoms with Gasteiger partial charge in [-0.15, -0.1) is 6.58 Å². The van der Waals surface area contributed by atoms with Crippen molar-refractivity contribution < 1.29 is 79.8 Å². The Kier molecular flexibility index (Phi) is 12.2. The number of fused-ring (bicyclic) bond motifs is 6. The van der Waals surface area contributed by atoms with Crippen molar-refractivity contribution in [2.45, 2.75) is 82.7 Å². The van der Waals surface area contributed by atoms with Gasteiger partial charge in [-0.2, -0.15) is 0 Å². The van der Waals surface area contributed by atoms with Gasteiger partial charge in [0.05, 0.1) is 23.3 Å². The van der Waals surface area contributed by atoms with Crippen LogP contribution in [0.25, 0.3) is 17.6 Å². The van der Waals surface area contributed by atoms with Gasteiger partial charge in [-0.05, 0) is 67.0 Å². The Balaban J connectivity index is 0.000000204. The summed E-state index contributed by atoms with van der Waals surface area (Å²) in [7, 11) is 0. The molecule has 18 heteroatoms. The summed E-state index contributed by atoms with van der Waals surface area (Å²) in [4.78, 5) is 74.9. The number of carbonyl (C=O) groups is 6. The maximum absolute atomic E-state index is 13.5. The number of aryl methyl sites for hydroxylation is 1. The van der Waals surface area contributed by atoms with Gasteiger partial charge < -0.3 is 62.5 Å². The van der Waals surface area contributed by atoms with Gasteiger partial charge in [-0.3, -0.25) is 28.8 Å². The van der Waals surface area contributed by atoms with Gasteiger partial charge in [0.15, 0.2) is 22.8 Å². The fourth-order valence-corrected chi connectivity index (χ4v) is 10.5. The molecule has 6 aliphatic rings. The van der Waals surface area contributed by atoms with Gasteiger partial charge in [0.1, 0.15) is 45.7 Å². The Morgan fingerprint density at radius 1 is 0.677 bits per heavy atom. The fraction of sp³-hybridized carbons (Fsp3) is 0.362. The van der Waals surface area contributed by atoms with Crippen LogP contribution < -0.4 is 11.5 Å². The smallest absolute Gasteiger partial charge is 0.255 e. The van der Waals surface area contributed by atoms with E-state index in [1.54, 1.807) is 58.1 Å². The van der Waals surface area contributed by atoms with E-state index < -0.39 is 146 Å². The lowest BCUT2D eigenvalue weighted by Crippen LogP contribution is -2.63. The molecule has 344 valence electrons. The molecule has 14 N–H and O–H groups in total. The van der Waals surface area contributed by atoms with Crippen LogP contribution in [0, 0.1) is 30.6 Å². The zero-order valence-corrected chi connectivity index (χ0v) is 35.9. The number of carbonyl (C=O) groups excluding carboxylic acids is 6. The van der Waals surface area contributed by atoms with Crippen molar-refractivity contribution in [2.75, 3.05) is 0 Å². The van der Waals surface area contributed by atoms with E-state index in [4.69, 9.17) is 11.5 Å². The van der Waals surface area contributed by atoms with E-state index >= 15 is 0 Å². The molecule has 6 aliphatic carbocycles. The molecule has 0 spiro atoms. The summed E-state index contributed by atoms with van der Waals surface area (Å²) in [6.45, 7) is 12.1. The topological polar surface area (TPSA) is 357 Å². The average Bonchev–Trinajstić information content (AvgIpc) is 3.21. The molecule has 0 aliphatic heterocycles. The standard InChI is InChI=1S/C23H23NO8.C21H21NO8.C3H6/c1-3-4-9-5-10-8(2)14-17(19(28)15(10)12(25)6-9)21(30)23(32)11(18(14)27)7-13(26)16(20(23)29)22(24)31;1-6-3-8-7(2)12-15(17(26)13(8)10(23)4-6)19(28)21(30)9(16(12)25)5-11(24)14(18(21)27)20(22)29;1-3-2/h3-6,8,11,14,18,25,27-29,32H,7H2,1-2H3,(H2,24,31);3-4,7,9,12,16,23,25-27,30H,5H2,1-2H3,(H2,22,29);3H,1H2,2H3/b4-3+;;/t8?,11?,14?,18?,23-;7?,9?,12?,16?,21-;/m11./s1. The van der Waals surface area contributed by atoms with Crippen molar-refractivity contribution in [1.29, 1.82) is 0 Å². The van der Waals surface area contributed by atoms with Crippen LogP contribution >= 0.6 is 0 Å². The second-order valence-corrected chi connectivity index (χ2v) is 17.1. The Hall–Kier alpha value is -6.86. The van der Waals surface area contributed by atoms with Crippen LogP contribution in [0.5, 0.6) is 11.5 Å². The zero-order valence-electron chi connectivity index (χ0n) is 35.9. The second-order valence-electron chi connectivity index (χ2n) is 17.1. The fourth-order valence-electron chi connectivity index (χ4n) is 10.5. The van der Waals surface area contributed by atoms with Crippen LogP contribution in [0.15, 0.2) is 76.8 Å². The molecule has 10 atom stereocenters. The highest BCUT2D eigenvalue weighted by Crippen LogP contribution is 2.57. The van der Waals surface area contributed by atoms with Crippen molar-refractivity contribution in [1.82, 2.24) is 0 Å². The number of primary amides is 2. The van der Waals surface area contributed by atoms with Gasteiger partial charge in [-0.25, -0.2) is 0 Å². The van der Waals surface area contributed by atoms with Crippen LogP contribution in [0.3, 0.4) is 0 Å². The van der Waals surface area contributed by atoms with Crippen molar-refractivity contribution in [2.24, 2.45) is 35.1 Å². The van der Waals surface area contributed by atoms with E-state index in [1.165, 1.54) is 12.1 Å². The first-order valence-electron chi connectivity index (χ1n) is 20.5. The molecule has 0 aromatic heterocycles.